The highest BCUT2D eigenvalue weighted by molar-refractivity contribution is 7.89. The molecule has 0 aliphatic heterocycles. The lowest BCUT2D eigenvalue weighted by Crippen LogP contribution is -2.25. The molecular weight excluding hydrogens is 366 g/mol. The second-order valence-corrected chi connectivity index (χ2v) is 7.08. The normalized spacial score (nSPS) is 11.2. The van der Waals surface area contributed by atoms with Crippen molar-refractivity contribution in [1.82, 2.24) is 4.72 Å². The Kier molecular flexibility index (Phi) is 6.27. The molecule has 26 heavy (non-hydrogen) atoms. The predicted octanol–water partition coefficient (Wildman–Crippen LogP) is 2.91. The number of ether oxygens (including phenoxy) is 1. The van der Waals surface area contributed by atoms with E-state index in [0.717, 1.165) is 24.3 Å². The van der Waals surface area contributed by atoms with Crippen LogP contribution in [-0.2, 0) is 10.0 Å². The van der Waals surface area contributed by atoms with E-state index in [1.807, 2.05) is 0 Å². The first-order valence-corrected chi connectivity index (χ1v) is 9.21. The maximum absolute atomic E-state index is 13.7. The molecule has 0 spiro atoms. The minimum atomic E-state index is -3.90. The van der Waals surface area contributed by atoms with Crippen LogP contribution in [0.3, 0.4) is 0 Å². The number of rotatable bonds is 7. The number of methoxy groups -OCH3 is 1. The summed E-state index contributed by atoms with van der Waals surface area (Å²) in [5.41, 5.74) is -0.398. The number of amides is 1. The highest BCUT2D eigenvalue weighted by Gasteiger charge is 2.21. The van der Waals surface area contributed by atoms with Crippen LogP contribution in [0.1, 0.15) is 23.7 Å². The van der Waals surface area contributed by atoms with E-state index in [9.17, 15) is 22.0 Å². The molecule has 6 nitrogen and oxygen atoms in total. The molecule has 0 radical (unpaired) electrons. The van der Waals surface area contributed by atoms with Crippen LogP contribution in [0.2, 0.25) is 0 Å². The van der Waals surface area contributed by atoms with Gasteiger partial charge in [0.1, 0.15) is 22.3 Å². The molecule has 2 rings (SSSR count). The van der Waals surface area contributed by atoms with E-state index < -0.39 is 27.6 Å². The molecule has 0 fully saturated rings. The smallest absolute Gasteiger partial charge is 0.255 e. The summed E-state index contributed by atoms with van der Waals surface area (Å²) in [4.78, 5) is 12.1. The maximum atomic E-state index is 13.7. The highest BCUT2D eigenvalue weighted by Crippen LogP contribution is 2.25. The van der Waals surface area contributed by atoms with Crippen LogP contribution in [-0.4, -0.2) is 28.0 Å². The average Bonchev–Trinajstić information content (AvgIpc) is 2.62. The molecule has 2 aromatic rings. The fraction of sp³-hybridized carbons (Fsp3) is 0.235. The van der Waals surface area contributed by atoms with E-state index in [0.29, 0.717) is 6.42 Å². The Morgan fingerprint density at radius 1 is 1.15 bits per heavy atom. The summed E-state index contributed by atoms with van der Waals surface area (Å²) < 4.78 is 59.0. The minimum absolute atomic E-state index is 0.0497. The standard InChI is InChI=1S/C17H18F2N2O4S/c1-3-8-20-26(23,24)16-9-11(4-7-15(16)25-2)17(22)21-14-10-12(18)5-6-13(14)19/h4-7,9-10,20H,3,8H2,1-2H3,(H,21,22). The Morgan fingerprint density at radius 2 is 1.88 bits per heavy atom. The first-order valence-electron chi connectivity index (χ1n) is 7.72. The quantitative estimate of drug-likeness (QED) is 0.769. The van der Waals surface area contributed by atoms with Crippen molar-refractivity contribution in [2.24, 2.45) is 0 Å². The Hall–Kier alpha value is -2.52. The largest absolute Gasteiger partial charge is 0.495 e. The molecule has 2 N–H and O–H groups in total. The number of halogens is 2. The zero-order valence-electron chi connectivity index (χ0n) is 14.2. The number of anilines is 1. The number of carbonyl (C=O) groups is 1. The van der Waals surface area contributed by atoms with Crippen molar-refractivity contribution >= 4 is 21.6 Å². The number of benzene rings is 2. The van der Waals surface area contributed by atoms with Gasteiger partial charge < -0.3 is 10.1 Å². The fourth-order valence-corrected chi connectivity index (χ4v) is 3.46. The molecule has 0 bridgehead atoms. The average molecular weight is 384 g/mol. The molecule has 140 valence electrons. The van der Waals surface area contributed by atoms with Crippen LogP contribution >= 0.6 is 0 Å². The van der Waals surface area contributed by atoms with Crippen molar-refractivity contribution in [2.45, 2.75) is 18.2 Å². The summed E-state index contributed by atoms with van der Waals surface area (Å²) in [6.07, 6.45) is 0.584. The first kappa shape index (κ1) is 19.8. The monoisotopic (exact) mass is 384 g/mol. The van der Waals surface area contributed by atoms with E-state index in [-0.39, 0.29) is 28.4 Å². The molecule has 2 aromatic carbocycles. The Balaban J connectivity index is 2.37. The highest BCUT2D eigenvalue weighted by atomic mass is 32.2. The van der Waals surface area contributed by atoms with Crippen LogP contribution in [0.15, 0.2) is 41.3 Å². The van der Waals surface area contributed by atoms with Crippen molar-refractivity contribution in [3.8, 4) is 5.75 Å². The maximum Gasteiger partial charge on any atom is 0.255 e. The Morgan fingerprint density at radius 3 is 2.54 bits per heavy atom. The van der Waals surface area contributed by atoms with Gasteiger partial charge in [0.15, 0.2) is 0 Å². The molecule has 0 heterocycles. The van der Waals surface area contributed by atoms with Gasteiger partial charge in [0.2, 0.25) is 10.0 Å². The second kappa shape index (κ2) is 8.24. The SMILES string of the molecule is CCCNS(=O)(=O)c1cc(C(=O)Nc2cc(F)ccc2F)ccc1OC. The van der Waals surface area contributed by atoms with E-state index in [4.69, 9.17) is 4.74 Å². The van der Waals surface area contributed by atoms with E-state index in [2.05, 4.69) is 10.0 Å². The van der Waals surface area contributed by atoms with Crippen molar-refractivity contribution in [3.05, 3.63) is 53.6 Å². The van der Waals surface area contributed by atoms with Gasteiger partial charge in [0.25, 0.3) is 5.91 Å². The van der Waals surface area contributed by atoms with Gasteiger partial charge in [-0.1, -0.05) is 6.92 Å². The van der Waals surface area contributed by atoms with E-state index >= 15 is 0 Å². The lowest BCUT2D eigenvalue weighted by atomic mass is 10.2. The van der Waals surface area contributed by atoms with Gasteiger partial charge in [-0.3, -0.25) is 4.79 Å². The Labute approximate surface area is 150 Å². The summed E-state index contributed by atoms with van der Waals surface area (Å²) in [5, 5.41) is 2.22. The molecular formula is C17H18F2N2O4S. The first-order chi connectivity index (χ1) is 12.3. The molecule has 1 amide bonds. The molecule has 0 aliphatic carbocycles. The second-order valence-electron chi connectivity index (χ2n) is 5.34. The number of hydrogen-bond donors (Lipinski definition) is 2. The third-order valence-electron chi connectivity index (χ3n) is 3.43. The van der Waals surface area contributed by atoms with Crippen LogP contribution in [0.25, 0.3) is 0 Å². The fourth-order valence-electron chi connectivity index (χ4n) is 2.13. The summed E-state index contributed by atoms with van der Waals surface area (Å²) in [6.45, 7) is 2.02. The summed E-state index contributed by atoms with van der Waals surface area (Å²) >= 11 is 0. The number of sulfonamides is 1. The third kappa shape index (κ3) is 4.55. The van der Waals surface area contributed by atoms with E-state index in [1.54, 1.807) is 6.92 Å². The zero-order chi connectivity index (χ0) is 19.3. The molecule has 9 heteroatoms. The molecule has 0 saturated heterocycles. The molecule has 0 unspecified atom stereocenters. The van der Waals surface area contributed by atoms with Crippen molar-refractivity contribution in [2.75, 3.05) is 19.0 Å². The molecule has 0 aromatic heterocycles. The van der Waals surface area contributed by atoms with Crippen LogP contribution in [0, 0.1) is 11.6 Å². The van der Waals surface area contributed by atoms with Gasteiger partial charge in [0.05, 0.1) is 12.8 Å². The van der Waals surface area contributed by atoms with Crippen molar-refractivity contribution in [1.29, 1.82) is 0 Å². The lowest BCUT2D eigenvalue weighted by molar-refractivity contribution is 0.102. The number of nitrogens with one attached hydrogen (secondary N) is 2. The molecule has 0 aliphatic rings. The van der Waals surface area contributed by atoms with Gasteiger partial charge >= 0.3 is 0 Å². The van der Waals surface area contributed by atoms with E-state index in [1.165, 1.54) is 19.2 Å². The zero-order valence-corrected chi connectivity index (χ0v) is 15.0. The third-order valence-corrected chi connectivity index (χ3v) is 4.92. The predicted molar refractivity (Wildman–Crippen MR) is 92.8 cm³/mol. The minimum Gasteiger partial charge on any atom is -0.495 e. The van der Waals surface area contributed by atoms with Gasteiger partial charge in [-0.25, -0.2) is 21.9 Å². The molecule has 0 atom stereocenters. The van der Waals surface area contributed by atoms with Crippen molar-refractivity contribution in [3.63, 3.8) is 0 Å². The number of hydrogen-bond acceptors (Lipinski definition) is 4. The van der Waals surface area contributed by atoms with Gasteiger partial charge in [-0.2, -0.15) is 0 Å². The molecule has 0 saturated carbocycles. The van der Waals surface area contributed by atoms with Crippen molar-refractivity contribution < 1.29 is 26.7 Å². The van der Waals surface area contributed by atoms with Gasteiger partial charge in [-0.15, -0.1) is 0 Å². The summed E-state index contributed by atoms with van der Waals surface area (Å²) in [5.74, 6) is -2.26. The number of carbonyl (C=O) groups excluding carboxylic acids is 1. The Bertz CT molecular complexity index is 917. The topological polar surface area (TPSA) is 84.5 Å². The van der Waals surface area contributed by atoms with Crippen LogP contribution in [0.4, 0.5) is 14.5 Å². The summed E-state index contributed by atoms with van der Waals surface area (Å²) in [6, 6.07) is 6.38. The van der Waals surface area contributed by atoms with Crippen LogP contribution in [0.5, 0.6) is 5.75 Å². The van der Waals surface area contributed by atoms with Gasteiger partial charge in [-0.05, 0) is 36.8 Å². The van der Waals surface area contributed by atoms with Crippen LogP contribution < -0.4 is 14.8 Å². The van der Waals surface area contributed by atoms with Gasteiger partial charge in [0, 0.05) is 18.2 Å². The summed E-state index contributed by atoms with van der Waals surface area (Å²) in [7, 11) is -2.60. The lowest BCUT2D eigenvalue weighted by Gasteiger charge is -2.12.